The minimum atomic E-state index is -0.361. The van der Waals surface area contributed by atoms with E-state index < -0.39 is 0 Å². The van der Waals surface area contributed by atoms with Gasteiger partial charge in [-0.15, -0.1) is 0 Å². The highest BCUT2D eigenvalue weighted by molar-refractivity contribution is 5.16. The van der Waals surface area contributed by atoms with Gasteiger partial charge in [-0.05, 0) is 24.0 Å². The van der Waals surface area contributed by atoms with Gasteiger partial charge in [0.15, 0.2) is 0 Å². The van der Waals surface area contributed by atoms with Gasteiger partial charge in [0.25, 0.3) is 0 Å². The molecule has 270 valence electrons. The van der Waals surface area contributed by atoms with Gasteiger partial charge in [0.05, 0.1) is 64.1 Å². The molecule has 7 rings (SSSR count). The Morgan fingerprint density at radius 3 is 2.18 bits per heavy atom. The van der Waals surface area contributed by atoms with Crippen LogP contribution in [0.15, 0.2) is 97.1 Å². The first-order chi connectivity index (χ1) is 24.7. The smallest absolute Gasteiger partial charge is 0.147 e. The molecule has 0 spiro atoms. The molecule has 0 bridgehead atoms. The van der Waals surface area contributed by atoms with Crippen molar-refractivity contribution in [3.8, 4) is 0 Å². The van der Waals surface area contributed by atoms with E-state index in [4.69, 9.17) is 47.4 Å². The molecule has 0 radical (unpaired) electrons. The Kier molecular flexibility index (Phi) is 12.9. The van der Waals surface area contributed by atoms with E-state index in [9.17, 15) is 0 Å². The molecular formula is C40H50O10. The van der Waals surface area contributed by atoms with Crippen LogP contribution in [0.2, 0.25) is 0 Å². The van der Waals surface area contributed by atoms with Crippen molar-refractivity contribution in [1.29, 1.82) is 0 Å². The Bertz CT molecular complexity index is 1390. The van der Waals surface area contributed by atoms with E-state index in [0.717, 1.165) is 17.5 Å². The predicted octanol–water partition coefficient (Wildman–Crippen LogP) is 5.10. The largest absolute Gasteiger partial charge is 0.382 e. The summed E-state index contributed by atoms with van der Waals surface area (Å²) in [4.78, 5) is 0. The molecule has 0 saturated carbocycles. The second kappa shape index (κ2) is 18.1. The molecule has 0 aromatic heterocycles. The van der Waals surface area contributed by atoms with Gasteiger partial charge in [0.2, 0.25) is 0 Å². The van der Waals surface area contributed by atoms with E-state index in [2.05, 4.69) is 54.6 Å². The topological polar surface area (TPSA) is 92.3 Å². The van der Waals surface area contributed by atoms with Gasteiger partial charge in [-0.3, -0.25) is 0 Å². The van der Waals surface area contributed by atoms with Crippen LogP contribution in [0.3, 0.4) is 0 Å². The van der Waals surface area contributed by atoms with Crippen molar-refractivity contribution >= 4 is 0 Å². The summed E-state index contributed by atoms with van der Waals surface area (Å²) >= 11 is 0. The minimum Gasteiger partial charge on any atom is -0.382 e. The van der Waals surface area contributed by atoms with E-state index in [-0.39, 0.29) is 73.9 Å². The van der Waals surface area contributed by atoms with Crippen molar-refractivity contribution in [2.24, 2.45) is 0 Å². The molecule has 11 atom stereocenters. The Morgan fingerprint density at radius 1 is 0.640 bits per heavy atom. The van der Waals surface area contributed by atoms with Crippen LogP contribution in [0, 0.1) is 0 Å². The number of methoxy groups -OCH3 is 1. The molecule has 0 N–H and O–H groups in total. The van der Waals surface area contributed by atoms with Crippen LogP contribution in [-0.2, 0) is 60.6 Å². The third-order valence-corrected chi connectivity index (χ3v) is 9.85. The van der Waals surface area contributed by atoms with Crippen molar-refractivity contribution in [2.45, 2.75) is 99.6 Å². The van der Waals surface area contributed by atoms with E-state index in [0.29, 0.717) is 52.5 Å². The normalized spacial score (nSPS) is 35.7. The van der Waals surface area contributed by atoms with Crippen LogP contribution in [0.5, 0.6) is 0 Å². The first-order valence-corrected chi connectivity index (χ1v) is 17.9. The predicted molar refractivity (Wildman–Crippen MR) is 184 cm³/mol. The maximum absolute atomic E-state index is 6.86. The number of ether oxygens (including phenoxy) is 10. The van der Waals surface area contributed by atoms with Crippen molar-refractivity contribution < 1.29 is 47.4 Å². The number of fused-ring (bicyclic) bond motifs is 4. The zero-order valence-electron chi connectivity index (χ0n) is 28.7. The summed E-state index contributed by atoms with van der Waals surface area (Å²) < 4.78 is 63.3. The molecule has 0 amide bonds. The fourth-order valence-corrected chi connectivity index (χ4v) is 7.30. The fourth-order valence-electron chi connectivity index (χ4n) is 7.30. The molecule has 5 aliphatic rings. The van der Waals surface area contributed by atoms with Gasteiger partial charge in [-0.2, -0.15) is 0 Å². The highest BCUT2D eigenvalue weighted by Gasteiger charge is 2.53. The van der Waals surface area contributed by atoms with Gasteiger partial charge >= 0.3 is 0 Å². The van der Waals surface area contributed by atoms with Gasteiger partial charge in [0.1, 0.15) is 49.5 Å². The Morgan fingerprint density at radius 2 is 1.38 bits per heavy atom. The molecule has 0 aliphatic carbocycles. The second-order valence-corrected chi connectivity index (χ2v) is 13.3. The molecule has 2 saturated heterocycles. The van der Waals surface area contributed by atoms with Crippen LogP contribution in [0.1, 0.15) is 30.4 Å². The molecule has 2 aromatic rings. The van der Waals surface area contributed by atoms with Crippen molar-refractivity contribution in [1.82, 2.24) is 0 Å². The van der Waals surface area contributed by atoms with Crippen LogP contribution < -0.4 is 0 Å². The summed E-state index contributed by atoms with van der Waals surface area (Å²) in [5, 5.41) is 0. The van der Waals surface area contributed by atoms with Gasteiger partial charge in [-0.25, -0.2) is 0 Å². The van der Waals surface area contributed by atoms with Crippen LogP contribution >= 0.6 is 0 Å². The maximum atomic E-state index is 6.86. The van der Waals surface area contributed by atoms with Crippen LogP contribution in [0.4, 0.5) is 0 Å². The van der Waals surface area contributed by atoms with Crippen molar-refractivity contribution in [3.05, 3.63) is 108 Å². The molecule has 10 heteroatoms. The lowest BCUT2D eigenvalue weighted by atomic mass is 9.87. The monoisotopic (exact) mass is 690 g/mol. The van der Waals surface area contributed by atoms with E-state index in [1.807, 2.05) is 42.5 Å². The summed E-state index contributed by atoms with van der Waals surface area (Å²) in [5.41, 5.74) is 2.21. The molecule has 5 aliphatic heterocycles. The quantitative estimate of drug-likeness (QED) is 0.161. The summed E-state index contributed by atoms with van der Waals surface area (Å²) in [7, 11) is 1.65. The zero-order chi connectivity index (χ0) is 34.0. The highest BCUT2D eigenvalue weighted by atomic mass is 16.7. The lowest BCUT2D eigenvalue weighted by molar-refractivity contribution is -0.303. The molecule has 2 fully saturated rings. The third kappa shape index (κ3) is 9.18. The van der Waals surface area contributed by atoms with Gasteiger partial charge < -0.3 is 47.4 Å². The number of rotatable bonds is 13. The molecule has 50 heavy (non-hydrogen) atoms. The molecule has 5 heterocycles. The van der Waals surface area contributed by atoms with Gasteiger partial charge in [0, 0.05) is 13.5 Å². The molecule has 10 nitrogen and oxygen atoms in total. The first kappa shape index (κ1) is 35.7. The minimum absolute atomic E-state index is 0.118. The average Bonchev–Trinajstić information content (AvgIpc) is 3.47. The highest BCUT2D eigenvalue weighted by Crippen LogP contribution is 2.40. The Hall–Kier alpha value is -2.74. The molecule has 0 unspecified atom stereocenters. The zero-order valence-corrected chi connectivity index (χ0v) is 28.7. The number of benzene rings is 2. The number of hydrogen-bond donors (Lipinski definition) is 0. The summed E-state index contributed by atoms with van der Waals surface area (Å²) in [6.45, 7) is 2.88. The molecular weight excluding hydrogens is 640 g/mol. The Labute approximate surface area is 295 Å². The summed E-state index contributed by atoms with van der Waals surface area (Å²) in [6, 6.07) is 20.4. The Balaban J connectivity index is 1.06. The summed E-state index contributed by atoms with van der Waals surface area (Å²) in [6.07, 6.45) is 11.6. The third-order valence-electron chi connectivity index (χ3n) is 9.85. The van der Waals surface area contributed by atoms with E-state index in [1.165, 1.54) is 0 Å². The van der Waals surface area contributed by atoms with Crippen LogP contribution in [-0.4, -0.2) is 107 Å². The lowest BCUT2D eigenvalue weighted by Crippen LogP contribution is -2.64. The van der Waals surface area contributed by atoms with Crippen molar-refractivity contribution in [2.75, 3.05) is 40.3 Å². The lowest BCUT2D eigenvalue weighted by Gasteiger charge is -2.50. The van der Waals surface area contributed by atoms with Gasteiger partial charge in [-0.1, -0.05) is 97.1 Å². The van der Waals surface area contributed by atoms with Crippen molar-refractivity contribution in [3.63, 3.8) is 0 Å². The summed E-state index contributed by atoms with van der Waals surface area (Å²) in [5.74, 6) is 0. The average molecular weight is 691 g/mol. The SMILES string of the molecule is COCCOCO[C@@H]1[C@H]2OCC=CC[C@@H]2O[C@@H]2C[C@@H]3O[C@@H]4C/C=C\[C@H](OCc5ccccc5)[C@@H](COCc5ccccc5)O[C@H]4C=C[C@H]3O[C@@H]12. The standard InChI is InChI=1S/C40H50O10/c1-41-21-22-42-27-46-40-38-34(15-8-9-20-44-38)49-36-23-35-33(50-39(36)40)19-18-32-31(47-35)17-10-16-30(45-25-29-13-6-3-7-14-29)37(48-32)26-43-24-28-11-4-2-5-12-28/h2-14,16,18-19,30-40H,15,17,20-27H2,1H3/b16-10-/t30-,31+,32-,33+,34-,35-,36+,37+,38-,39+,40+/m0/s1. The maximum Gasteiger partial charge on any atom is 0.147 e. The number of hydrogen-bond acceptors (Lipinski definition) is 10. The van der Waals surface area contributed by atoms with E-state index in [1.54, 1.807) is 7.11 Å². The fraction of sp³-hybridized carbons (Fsp3) is 0.550. The second-order valence-electron chi connectivity index (χ2n) is 13.3. The van der Waals surface area contributed by atoms with Crippen LogP contribution in [0.25, 0.3) is 0 Å². The van der Waals surface area contributed by atoms with E-state index >= 15 is 0 Å². The molecule has 2 aromatic carbocycles. The first-order valence-electron chi connectivity index (χ1n) is 17.9.